The molecule has 4 nitrogen and oxygen atoms in total. The zero-order valence-corrected chi connectivity index (χ0v) is 12.7. The van der Waals surface area contributed by atoms with Crippen molar-refractivity contribution in [2.75, 3.05) is 13.2 Å². The summed E-state index contributed by atoms with van der Waals surface area (Å²) in [5.41, 5.74) is 1.06. The Morgan fingerprint density at radius 2 is 2.10 bits per heavy atom. The molecule has 21 heavy (non-hydrogen) atoms. The Hall–Kier alpha value is -1.77. The maximum Gasteiger partial charge on any atom is 0.215 e. The molecule has 112 valence electrons. The van der Waals surface area contributed by atoms with Crippen molar-refractivity contribution in [3.63, 3.8) is 0 Å². The summed E-state index contributed by atoms with van der Waals surface area (Å²) in [6.07, 6.45) is 4.07. The molecule has 5 heteroatoms. The van der Waals surface area contributed by atoms with Gasteiger partial charge in [-0.3, -0.25) is 0 Å². The number of allylic oxidation sites excluding steroid dienone is 1. The fraction of sp³-hybridized carbons (Fsp3) is 0.375. The molecule has 0 radical (unpaired) electrons. The lowest BCUT2D eigenvalue weighted by Crippen LogP contribution is -2.27. The molecule has 0 heterocycles. The zero-order valence-electron chi connectivity index (χ0n) is 11.8. The molecule has 1 aromatic carbocycles. The number of rotatable bonds is 7. The van der Waals surface area contributed by atoms with Gasteiger partial charge in [-0.25, -0.2) is 13.1 Å². The predicted molar refractivity (Wildman–Crippen MR) is 83.6 cm³/mol. The van der Waals surface area contributed by atoms with Gasteiger partial charge in [-0.15, -0.1) is 6.58 Å². The zero-order chi connectivity index (χ0) is 15.1. The summed E-state index contributed by atoms with van der Waals surface area (Å²) in [7, 11) is -3.14. The van der Waals surface area contributed by atoms with Crippen LogP contribution in [0.2, 0.25) is 0 Å². The molecule has 0 spiro atoms. The molecule has 0 atom stereocenters. The number of sulfonamides is 1. The first kappa shape index (κ1) is 15.6. The number of benzene rings is 1. The van der Waals surface area contributed by atoms with E-state index in [1.807, 2.05) is 30.3 Å². The Bertz CT molecular complexity index is 652. The van der Waals surface area contributed by atoms with Crippen LogP contribution in [0.4, 0.5) is 0 Å². The van der Waals surface area contributed by atoms with Crippen molar-refractivity contribution in [1.29, 1.82) is 0 Å². The fourth-order valence-corrected chi connectivity index (χ4v) is 3.09. The fourth-order valence-electron chi connectivity index (χ4n) is 1.83. The summed E-state index contributed by atoms with van der Waals surface area (Å²) in [5.74, 6) is 6.35. The summed E-state index contributed by atoms with van der Waals surface area (Å²) in [4.78, 5) is 0. The highest BCUT2D eigenvalue weighted by Crippen LogP contribution is 2.27. The number of para-hydroxylation sites is 1. The van der Waals surface area contributed by atoms with Crippen molar-refractivity contribution >= 4 is 10.0 Å². The average Bonchev–Trinajstić information content (AvgIpc) is 3.29. The van der Waals surface area contributed by atoms with E-state index in [0.717, 1.165) is 30.6 Å². The standard InChI is InChI=1S/C16H19NO3S/c1-2-7-14-8-3-4-9-16(14)20-13-6-5-12-17-21(18,19)15-10-11-15/h2-4,8-9,15,17H,1,7,10-13H2. The van der Waals surface area contributed by atoms with Crippen LogP contribution in [-0.4, -0.2) is 26.8 Å². The molecule has 0 aliphatic heterocycles. The quantitative estimate of drug-likeness (QED) is 0.618. The van der Waals surface area contributed by atoms with Crippen LogP contribution in [0.3, 0.4) is 0 Å². The normalized spacial score (nSPS) is 14.1. The maximum atomic E-state index is 11.5. The van der Waals surface area contributed by atoms with Crippen LogP contribution in [0.15, 0.2) is 36.9 Å². The molecule has 1 aliphatic carbocycles. The van der Waals surface area contributed by atoms with Crippen LogP contribution in [-0.2, 0) is 16.4 Å². The van der Waals surface area contributed by atoms with Crippen LogP contribution in [0.1, 0.15) is 18.4 Å². The summed E-state index contributed by atoms with van der Waals surface area (Å²) in [6.45, 7) is 4.08. The van der Waals surface area contributed by atoms with Gasteiger partial charge in [0.05, 0.1) is 11.8 Å². The lowest BCUT2D eigenvalue weighted by molar-refractivity contribution is 0.366. The third-order valence-electron chi connectivity index (χ3n) is 3.09. The topological polar surface area (TPSA) is 55.4 Å². The second kappa shape index (κ2) is 7.30. The molecule has 0 amide bonds. The molecule has 0 unspecified atom stereocenters. The van der Waals surface area contributed by atoms with E-state index in [1.54, 1.807) is 0 Å². The number of ether oxygens (including phenoxy) is 1. The van der Waals surface area contributed by atoms with E-state index in [-0.39, 0.29) is 18.4 Å². The van der Waals surface area contributed by atoms with Crippen molar-refractivity contribution in [2.45, 2.75) is 24.5 Å². The second-order valence-corrected chi connectivity index (χ2v) is 6.85. The minimum absolute atomic E-state index is 0.135. The van der Waals surface area contributed by atoms with Gasteiger partial charge in [0, 0.05) is 0 Å². The molecule has 1 saturated carbocycles. The Morgan fingerprint density at radius 3 is 2.81 bits per heavy atom. The summed E-state index contributed by atoms with van der Waals surface area (Å²) >= 11 is 0. The van der Waals surface area contributed by atoms with Crippen molar-refractivity contribution in [3.8, 4) is 17.6 Å². The van der Waals surface area contributed by atoms with E-state index in [2.05, 4.69) is 23.1 Å². The lowest BCUT2D eigenvalue weighted by Gasteiger charge is -2.07. The third kappa shape index (κ3) is 4.92. The Balaban J connectivity index is 1.77. The second-order valence-electron chi connectivity index (χ2n) is 4.81. The van der Waals surface area contributed by atoms with Crippen molar-refractivity contribution in [3.05, 3.63) is 42.5 Å². The highest BCUT2D eigenvalue weighted by atomic mass is 32.2. The minimum Gasteiger partial charge on any atom is -0.481 e. The van der Waals surface area contributed by atoms with Crippen LogP contribution in [0.5, 0.6) is 5.75 Å². The summed E-state index contributed by atoms with van der Waals surface area (Å²) < 4.78 is 31.2. The summed E-state index contributed by atoms with van der Waals surface area (Å²) in [6, 6.07) is 7.72. The van der Waals surface area contributed by atoms with E-state index in [9.17, 15) is 8.42 Å². The predicted octanol–water partition coefficient (Wildman–Crippen LogP) is 1.88. The van der Waals surface area contributed by atoms with Gasteiger partial charge in [0.25, 0.3) is 0 Å². The Kier molecular flexibility index (Phi) is 5.43. The molecule has 1 aromatic rings. The molecule has 1 fully saturated rings. The van der Waals surface area contributed by atoms with Gasteiger partial charge in [-0.2, -0.15) is 0 Å². The van der Waals surface area contributed by atoms with Gasteiger partial charge in [0.2, 0.25) is 10.0 Å². The van der Waals surface area contributed by atoms with Gasteiger partial charge in [0.1, 0.15) is 12.4 Å². The summed E-state index contributed by atoms with van der Waals surface area (Å²) in [5, 5.41) is -0.207. The van der Waals surface area contributed by atoms with E-state index in [4.69, 9.17) is 4.74 Å². The largest absolute Gasteiger partial charge is 0.481 e. The monoisotopic (exact) mass is 305 g/mol. The molecule has 2 rings (SSSR count). The van der Waals surface area contributed by atoms with Crippen molar-refractivity contribution in [1.82, 2.24) is 4.72 Å². The highest BCUT2D eigenvalue weighted by Gasteiger charge is 2.34. The molecular formula is C16H19NO3S. The molecule has 0 bridgehead atoms. The minimum atomic E-state index is -3.14. The van der Waals surface area contributed by atoms with E-state index in [0.29, 0.717) is 0 Å². The average molecular weight is 305 g/mol. The van der Waals surface area contributed by atoms with Gasteiger partial charge >= 0.3 is 0 Å². The molecular weight excluding hydrogens is 286 g/mol. The third-order valence-corrected chi connectivity index (χ3v) is 4.98. The van der Waals surface area contributed by atoms with Crippen LogP contribution in [0, 0.1) is 11.8 Å². The van der Waals surface area contributed by atoms with Gasteiger partial charge < -0.3 is 4.74 Å². The first-order chi connectivity index (χ1) is 10.1. The first-order valence-electron chi connectivity index (χ1n) is 6.89. The molecule has 0 aromatic heterocycles. The maximum absolute atomic E-state index is 11.5. The van der Waals surface area contributed by atoms with Gasteiger partial charge in [-0.1, -0.05) is 36.1 Å². The van der Waals surface area contributed by atoms with Gasteiger partial charge in [-0.05, 0) is 30.9 Å². The van der Waals surface area contributed by atoms with E-state index < -0.39 is 10.0 Å². The van der Waals surface area contributed by atoms with E-state index >= 15 is 0 Å². The number of nitrogens with one attached hydrogen (secondary N) is 1. The molecule has 0 saturated heterocycles. The molecule has 1 aliphatic rings. The molecule has 1 N–H and O–H groups in total. The van der Waals surface area contributed by atoms with Crippen LogP contribution < -0.4 is 9.46 Å². The Labute approximate surface area is 126 Å². The van der Waals surface area contributed by atoms with Crippen LogP contribution >= 0.6 is 0 Å². The number of hydrogen-bond donors (Lipinski definition) is 1. The van der Waals surface area contributed by atoms with Crippen LogP contribution in [0.25, 0.3) is 0 Å². The van der Waals surface area contributed by atoms with Gasteiger partial charge in [0.15, 0.2) is 0 Å². The van der Waals surface area contributed by atoms with Crippen molar-refractivity contribution in [2.24, 2.45) is 0 Å². The first-order valence-corrected chi connectivity index (χ1v) is 8.44. The SMILES string of the molecule is C=CCc1ccccc1OCC#CCNS(=O)(=O)C1CC1. The lowest BCUT2D eigenvalue weighted by atomic mass is 10.1. The van der Waals surface area contributed by atoms with Crippen molar-refractivity contribution < 1.29 is 13.2 Å². The smallest absolute Gasteiger partial charge is 0.215 e. The number of hydrogen-bond acceptors (Lipinski definition) is 3. The highest BCUT2D eigenvalue weighted by molar-refractivity contribution is 7.90. The Morgan fingerprint density at radius 1 is 1.33 bits per heavy atom. The van der Waals surface area contributed by atoms with E-state index in [1.165, 1.54) is 0 Å².